The largest absolute Gasteiger partial charge is 0.368 e. The molecule has 0 bridgehead atoms. The average Bonchev–Trinajstić information content (AvgIpc) is 2.71. The highest BCUT2D eigenvalue weighted by molar-refractivity contribution is 7.89. The van der Waals surface area contributed by atoms with E-state index in [-0.39, 0.29) is 5.75 Å². The molecule has 1 aromatic heterocycles. The first-order valence-corrected chi connectivity index (χ1v) is 12.3. The third-order valence-electron chi connectivity index (χ3n) is 5.33. The van der Waals surface area contributed by atoms with Gasteiger partial charge in [0.15, 0.2) is 0 Å². The van der Waals surface area contributed by atoms with Gasteiger partial charge >= 0.3 is 0 Å². The Bertz CT molecular complexity index is 894. The van der Waals surface area contributed by atoms with Crippen LogP contribution in [0.25, 0.3) is 11.3 Å². The molecule has 2 aromatic rings. The van der Waals surface area contributed by atoms with Crippen LogP contribution in [0.5, 0.6) is 0 Å². The van der Waals surface area contributed by atoms with E-state index in [4.69, 9.17) is 23.2 Å². The Morgan fingerprint density at radius 2 is 1.59 bits per heavy atom. The SMILES string of the molecule is CCS(=O)(=O)NCC1CCC(CNc2ccc(-c3cc(Cl)cc(Cl)c3)nn2)CC1. The summed E-state index contributed by atoms with van der Waals surface area (Å²) in [4.78, 5) is 0. The number of nitrogens with one attached hydrogen (secondary N) is 2. The molecule has 29 heavy (non-hydrogen) atoms. The minimum absolute atomic E-state index is 0.135. The van der Waals surface area contributed by atoms with Gasteiger partial charge in [0.1, 0.15) is 5.82 Å². The quantitative estimate of drug-likeness (QED) is 0.605. The fraction of sp³-hybridized carbons (Fsp3) is 0.500. The van der Waals surface area contributed by atoms with E-state index in [1.165, 1.54) is 0 Å². The molecule has 1 aromatic carbocycles. The molecular weight excluding hydrogens is 431 g/mol. The van der Waals surface area contributed by atoms with Crippen molar-refractivity contribution in [3.8, 4) is 11.3 Å². The number of aromatic nitrogens is 2. The van der Waals surface area contributed by atoms with Gasteiger partial charge in [-0.1, -0.05) is 23.2 Å². The van der Waals surface area contributed by atoms with E-state index in [0.29, 0.717) is 28.4 Å². The lowest BCUT2D eigenvalue weighted by molar-refractivity contribution is 0.284. The van der Waals surface area contributed by atoms with E-state index in [1.807, 2.05) is 24.3 Å². The number of hydrogen-bond donors (Lipinski definition) is 2. The van der Waals surface area contributed by atoms with Gasteiger partial charge in [-0.2, -0.15) is 0 Å². The van der Waals surface area contributed by atoms with Gasteiger partial charge in [0.05, 0.1) is 11.4 Å². The first kappa shape index (κ1) is 22.3. The Morgan fingerprint density at radius 3 is 2.14 bits per heavy atom. The second kappa shape index (κ2) is 10.1. The second-order valence-corrected chi connectivity index (χ2v) is 10.4. The molecule has 1 saturated carbocycles. The first-order valence-electron chi connectivity index (χ1n) is 9.86. The molecule has 1 aliphatic rings. The van der Waals surface area contributed by atoms with Crippen molar-refractivity contribution in [1.29, 1.82) is 0 Å². The summed E-state index contributed by atoms with van der Waals surface area (Å²) in [6.07, 6.45) is 4.24. The van der Waals surface area contributed by atoms with Crippen molar-refractivity contribution in [2.75, 3.05) is 24.2 Å². The van der Waals surface area contributed by atoms with Crippen LogP contribution < -0.4 is 10.0 Å². The fourth-order valence-electron chi connectivity index (χ4n) is 3.52. The monoisotopic (exact) mass is 456 g/mol. The van der Waals surface area contributed by atoms with E-state index in [1.54, 1.807) is 13.0 Å². The first-order chi connectivity index (χ1) is 13.8. The van der Waals surface area contributed by atoms with Crippen molar-refractivity contribution >= 4 is 39.0 Å². The molecule has 1 heterocycles. The third kappa shape index (κ3) is 6.81. The zero-order chi connectivity index (χ0) is 20.9. The molecule has 0 spiro atoms. The molecular formula is C20H26Cl2N4O2S. The Labute approximate surface area is 182 Å². The summed E-state index contributed by atoms with van der Waals surface area (Å²) in [7, 11) is -3.10. The number of sulfonamides is 1. The lowest BCUT2D eigenvalue weighted by Gasteiger charge is -2.28. The lowest BCUT2D eigenvalue weighted by Crippen LogP contribution is -2.33. The van der Waals surface area contributed by atoms with Gasteiger partial charge in [-0.25, -0.2) is 13.1 Å². The molecule has 0 aliphatic heterocycles. The van der Waals surface area contributed by atoms with Crippen LogP contribution in [0, 0.1) is 11.8 Å². The summed E-state index contributed by atoms with van der Waals surface area (Å²) in [5.41, 5.74) is 1.55. The molecule has 3 rings (SSSR count). The van der Waals surface area contributed by atoms with Crippen LogP contribution in [0.3, 0.4) is 0 Å². The smallest absolute Gasteiger partial charge is 0.211 e. The van der Waals surface area contributed by atoms with Crippen LogP contribution in [0.2, 0.25) is 10.0 Å². The number of hydrogen-bond acceptors (Lipinski definition) is 5. The minimum Gasteiger partial charge on any atom is -0.368 e. The molecule has 0 unspecified atom stereocenters. The van der Waals surface area contributed by atoms with E-state index < -0.39 is 10.0 Å². The molecule has 0 radical (unpaired) electrons. The molecule has 158 valence electrons. The van der Waals surface area contributed by atoms with Crippen molar-refractivity contribution in [2.24, 2.45) is 11.8 Å². The van der Waals surface area contributed by atoms with Crippen molar-refractivity contribution in [1.82, 2.24) is 14.9 Å². The zero-order valence-electron chi connectivity index (χ0n) is 16.4. The van der Waals surface area contributed by atoms with Crippen molar-refractivity contribution in [3.63, 3.8) is 0 Å². The third-order valence-corrected chi connectivity index (χ3v) is 7.14. The molecule has 1 fully saturated rings. The van der Waals surface area contributed by atoms with Crippen LogP contribution in [0.15, 0.2) is 30.3 Å². The van der Waals surface area contributed by atoms with E-state index in [9.17, 15) is 8.42 Å². The zero-order valence-corrected chi connectivity index (χ0v) is 18.7. The fourth-order valence-corrected chi connectivity index (χ4v) is 4.74. The summed E-state index contributed by atoms with van der Waals surface area (Å²) in [6, 6.07) is 9.10. The van der Waals surface area contributed by atoms with Crippen LogP contribution in [0.1, 0.15) is 32.6 Å². The Hall–Kier alpha value is -1.41. The number of halogens is 2. The maximum Gasteiger partial charge on any atom is 0.211 e. The van der Waals surface area contributed by atoms with Gasteiger partial charge in [-0.05, 0) is 74.8 Å². The molecule has 1 aliphatic carbocycles. The summed E-state index contributed by atoms with van der Waals surface area (Å²) in [6.45, 7) is 3.05. The van der Waals surface area contributed by atoms with Gasteiger partial charge in [0, 0.05) is 28.7 Å². The summed E-state index contributed by atoms with van der Waals surface area (Å²) in [5.74, 6) is 1.86. The van der Waals surface area contributed by atoms with Gasteiger partial charge in [0.25, 0.3) is 0 Å². The van der Waals surface area contributed by atoms with Gasteiger partial charge in [0.2, 0.25) is 10.0 Å². The van der Waals surface area contributed by atoms with Gasteiger partial charge < -0.3 is 5.32 Å². The van der Waals surface area contributed by atoms with Crippen molar-refractivity contribution in [3.05, 3.63) is 40.4 Å². The summed E-state index contributed by atoms with van der Waals surface area (Å²) < 4.78 is 25.8. The van der Waals surface area contributed by atoms with Crippen LogP contribution >= 0.6 is 23.2 Å². The standard InChI is InChI=1S/C20H26Cl2N4O2S/c1-2-29(27,28)24-13-15-5-3-14(4-6-15)12-23-20-8-7-19(25-26-20)16-9-17(21)11-18(22)10-16/h7-11,14-15,24H,2-6,12-13H2,1H3,(H,23,26). The molecule has 6 nitrogen and oxygen atoms in total. The molecule has 0 saturated heterocycles. The summed E-state index contributed by atoms with van der Waals surface area (Å²) >= 11 is 12.1. The van der Waals surface area contributed by atoms with Crippen molar-refractivity contribution < 1.29 is 8.42 Å². The topological polar surface area (TPSA) is 84.0 Å². The Morgan fingerprint density at radius 1 is 0.966 bits per heavy atom. The minimum atomic E-state index is -3.10. The second-order valence-electron chi connectivity index (χ2n) is 7.48. The highest BCUT2D eigenvalue weighted by Crippen LogP contribution is 2.29. The molecule has 9 heteroatoms. The lowest BCUT2D eigenvalue weighted by atomic mass is 9.82. The van der Waals surface area contributed by atoms with Crippen molar-refractivity contribution in [2.45, 2.75) is 32.6 Å². The van der Waals surface area contributed by atoms with Gasteiger partial charge in [-0.15, -0.1) is 10.2 Å². The highest BCUT2D eigenvalue weighted by Gasteiger charge is 2.22. The number of benzene rings is 1. The number of rotatable bonds is 8. The predicted octanol–water partition coefficient (Wildman–Crippen LogP) is 4.61. The van der Waals surface area contributed by atoms with Gasteiger partial charge in [-0.3, -0.25) is 0 Å². The van der Waals surface area contributed by atoms with Crippen LogP contribution in [-0.2, 0) is 10.0 Å². The predicted molar refractivity (Wildman–Crippen MR) is 119 cm³/mol. The van der Waals surface area contributed by atoms with E-state index >= 15 is 0 Å². The maximum atomic E-state index is 11.6. The normalized spacial score (nSPS) is 19.8. The average molecular weight is 457 g/mol. The highest BCUT2D eigenvalue weighted by atomic mass is 35.5. The molecule has 0 atom stereocenters. The summed E-state index contributed by atoms with van der Waals surface area (Å²) in [5, 5.41) is 13.0. The van der Waals surface area contributed by atoms with E-state index in [0.717, 1.165) is 49.3 Å². The van der Waals surface area contributed by atoms with Crippen LogP contribution in [-0.4, -0.2) is 37.5 Å². The number of nitrogens with zero attached hydrogens (tertiary/aromatic N) is 2. The maximum absolute atomic E-state index is 11.6. The Kier molecular flexibility index (Phi) is 7.73. The molecule has 0 amide bonds. The Balaban J connectivity index is 1.45. The number of anilines is 1. The van der Waals surface area contributed by atoms with Crippen LogP contribution in [0.4, 0.5) is 5.82 Å². The molecule has 2 N–H and O–H groups in total. The van der Waals surface area contributed by atoms with E-state index in [2.05, 4.69) is 20.2 Å².